The van der Waals surface area contributed by atoms with Crippen molar-refractivity contribution in [2.45, 2.75) is 12.5 Å². The molecule has 6 nitrogen and oxygen atoms in total. The Balaban J connectivity index is 1.72. The lowest BCUT2D eigenvalue weighted by atomic mass is 10.0. The van der Waals surface area contributed by atoms with Crippen molar-refractivity contribution in [2.24, 2.45) is 0 Å². The quantitative estimate of drug-likeness (QED) is 0.524. The summed E-state index contributed by atoms with van der Waals surface area (Å²) in [5.41, 5.74) is 1.46. The van der Waals surface area contributed by atoms with E-state index >= 15 is 0 Å². The van der Waals surface area contributed by atoms with Gasteiger partial charge in [-0.25, -0.2) is 0 Å². The summed E-state index contributed by atoms with van der Waals surface area (Å²) >= 11 is 12.1. The molecule has 1 atom stereocenters. The number of nitrogens with zero attached hydrogens (tertiary/aromatic N) is 1. The SMILES string of the molecule is COc1ccccc1NC(=O)C(Cc1ccccc1)N1C(=O)c2cc(Cl)c(Cl)cc2C1=O. The van der Waals surface area contributed by atoms with Gasteiger partial charge in [0, 0.05) is 6.42 Å². The summed E-state index contributed by atoms with van der Waals surface area (Å²) in [6.45, 7) is 0. The van der Waals surface area contributed by atoms with Crippen LogP contribution >= 0.6 is 23.2 Å². The van der Waals surface area contributed by atoms with Crippen LogP contribution in [0.4, 0.5) is 5.69 Å². The molecular weight excluding hydrogens is 451 g/mol. The highest BCUT2D eigenvalue weighted by Gasteiger charge is 2.43. The number of carbonyl (C=O) groups excluding carboxylic acids is 3. The lowest BCUT2D eigenvalue weighted by Gasteiger charge is -2.26. The second-order valence-electron chi connectivity index (χ2n) is 7.19. The minimum atomic E-state index is -1.10. The van der Waals surface area contributed by atoms with Crippen LogP contribution in [-0.2, 0) is 11.2 Å². The van der Waals surface area contributed by atoms with Crippen molar-refractivity contribution >= 4 is 46.6 Å². The Kier molecular flexibility index (Phi) is 6.17. The fourth-order valence-electron chi connectivity index (χ4n) is 3.64. The summed E-state index contributed by atoms with van der Waals surface area (Å²) in [5.74, 6) is -1.26. The van der Waals surface area contributed by atoms with Gasteiger partial charge in [-0.2, -0.15) is 0 Å². The van der Waals surface area contributed by atoms with Crippen molar-refractivity contribution in [3.63, 3.8) is 0 Å². The Morgan fingerprint density at radius 1 is 0.938 bits per heavy atom. The number of carbonyl (C=O) groups is 3. The number of halogens is 2. The molecule has 0 radical (unpaired) electrons. The molecule has 0 aliphatic carbocycles. The predicted molar refractivity (Wildman–Crippen MR) is 123 cm³/mol. The number of rotatable bonds is 6. The third-order valence-corrected chi connectivity index (χ3v) is 5.93. The first-order valence-electron chi connectivity index (χ1n) is 9.75. The Morgan fingerprint density at radius 3 is 2.09 bits per heavy atom. The molecular formula is C24H18Cl2N2O4. The smallest absolute Gasteiger partial charge is 0.262 e. The maximum absolute atomic E-state index is 13.4. The van der Waals surface area contributed by atoms with Crippen LogP contribution in [0.1, 0.15) is 26.3 Å². The van der Waals surface area contributed by atoms with Gasteiger partial charge in [0.1, 0.15) is 11.8 Å². The molecule has 0 bridgehead atoms. The van der Waals surface area contributed by atoms with Gasteiger partial charge in [0.2, 0.25) is 5.91 Å². The zero-order chi connectivity index (χ0) is 22.8. The van der Waals surface area contributed by atoms with E-state index < -0.39 is 23.8 Å². The standard InChI is InChI=1S/C24H18Cl2N2O4/c1-32-21-10-6-5-9-19(21)27-22(29)20(11-14-7-3-2-4-8-14)28-23(30)15-12-17(25)18(26)13-16(15)24(28)31/h2-10,12-13,20H,11H2,1H3,(H,27,29). The largest absolute Gasteiger partial charge is 0.495 e. The van der Waals surface area contributed by atoms with Crippen molar-refractivity contribution in [3.8, 4) is 5.75 Å². The normalized spacial score (nSPS) is 13.7. The monoisotopic (exact) mass is 468 g/mol. The number of hydrogen-bond donors (Lipinski definition) is 1. The van der Waals surface area contributed by atoms with Crippen molar-refractivity contribution < 1.29 is 19.1 Å². The minimum Gasteiger partial charge on any atom is -0.495 e. The van der Waals surface area contributed by atoms with Crippen LogP contribution in [0, 0.1) is 0 Å². The summed E-state index contributed by atoms with van der Waals surface area (Å²) in [4.78, 5) is 40.7. The van der Waals surface area contributed by atoms with Crippen LogP contribution in [0.5, 0.6) is 5.75 Å². The number of amides is 3. The lowest BCUT2D eigenvalue weighted by molar-refractivity contribution is -0.119. The van der Waals surface area contributed by atoms with Crippen LogP contribution in [0.3, 0.4) is 0 Å². The number of nitrogens with one attached hydrogen (secondary N) is 1. The van der Waals surface area contributed by atoms with Crippen LogP contribution in [0.25, 0.3) is 0 Å². The van der Waals surface area contributed by atoms with E-state index in [0.717, 1.165) is 10.5 Å². The Bertz CT molecular complexity index is 1170. The van der Waals surface area contributed by atoms with Gasteiger partial charge >= 0.3 is 0 Å². The molecule has 3 amide bonds. The van der Waals surface area contributed by atoms with Crippen molar-refractivity contribution in [1.82, 2.24) is 4.90 Å². The minimum absolute atomic E-state index is 0.118. The first-order valence-corrected chi connectivity index (χ1v) is 10.5. The van der Waals surface area contributed by atoms with E-state index in [9.17, 15) is 14.4 Å². The van der Waals surface area contributed by atoms with Gasteiger partial charge in [-0.1, -0.05) is 65.7 Å². The molecule has 8 heteroatoms. The van der Waals surface area contributed by atoms with Gasteiger partial charge < -0.3 is 10.1 Å². The summed E-state index contributed by atoms with van der Waals surface area (Å²) in [5, 5.41) is 3.10. The summed E-state index contributed by atoms with van der Waals surface area (Å²) in [6, 6.07) is 17.7. The van der Waals surface area contributed by atoms with E-state index in [0.29, 0.717) is 11.4 Å². The Labute approximate surface area is 194 Å². The first kappa shape index (κ1) is 21.9. The van der Waals surface area contributed by atoms with Gasteiger partial charge in [0.05, 0.1) is 34.0 Å². The summed E-state index contributed by atoms with van der Waals surface area (Å²) in [7, 11) is 1.49. The van der Waals surface area contributed by atoms with E-state index in [4.69, 9.17) is 27.9 Å². The van der Waals surface area contributed by atoms with Crippen LogP contribution in [-0.4, -0.2) is 35.8 Å². The second kappa shape index (κ2) is 9.02. The van der Waals surface area contributed by atoms with Gasteiger partial charge in [-0.3, -0.25) is 19.3 Å². The summed E-state index contributed by atoms with van der Waals surface area (Å²) in [6.07, 6.45) is 0.134. The molecule has 1 aliphatic rings. The Hall–Kier alpha value is -3.35. The average molecular weight is 469 g/mol. The fraction of sp³-hybridized carbons (Fsp3) is 0.125. The number of ether oxygens (including phenoxy) is 1. The fourth-order valence-corrected chi connectivity index (χ4v) is 3.97. The van der Waals surface area contributed by atoms with Crippen LogP contribution < -0.4 is 10.1 Å². The van der Waals surface area contributed by atoms with Gasteiger partial charge in [0.15, 0.2) is 0 Å². The number of methoxy groups -OCH3 is 1. The van der Waals surface area contributed by atoms with Crippen molar-refractivity contribution in [3.05, 3.63) is 93.5 Å². The average Bonchev–Trinajstić information content (AvgIpc) is 3.03. The summed E-state index contributed by atoms with van der Waals surface area (Å²) < 4.78 is 5.30. The number of imide groups is 1. The highest BCUT2D eigenvalue weighted by Crippen LogP contribution is 2.33. The van der Waals surface area contributed by atoms with E-state index in [1.807, 2.05) is 30.3 Å². The molecule has 1 heterocycles. The van der Waals surface area contributed by atoms with Crippen LogP contribution in [0.15, 0.2) is 66.7 Å². The molecule has 0 fully saturated rings. The van der Waals surface area contributed by atoms with Crippen LogP contribution in [0.2, 0.25) is 10.0 Å². The van der Waals surface area contributed by atoms with E-state index in [1.165, 1.54) is 19.2 Å². The van der Waals surface area contributed by atoms with E-state index in [1.54, 1.807) is 24.3 Å². The number of benzene rings is 3. The molecule has 3 aromatic carbocycles. The molecule has 3 aromatic rings. The lowest BCUT2D eigenvalue weighted by Crippen LogP contribution is -2.48. The number of para-hydroxylation sites is 2. The maximum atomic E-state index is 13.4. The molecule has 0 saturated heterocycles. The molecule has 1 unspecified atom stereocenters. The molecule has 32 heavy (non-hydrogen) atoms. The molecule has 4 rings (SSSR count). The molecule has 0 spiro atoms. The van der Waals surface area contributed by atoms with Gasteiger partial charge in [0.25, 0.3) is 11.8 Å². The topological polar surface area (TPSA) is 75.7 Å². The zero-order valence-electron chi connectivity index (χ0n) is 17.0. The molecule has 1 N–H and O–H groups in total. The number of hydrogen-bond acceptors (Lipinski definition) is 4. The van der Waals surface area contributed by atoms with E-state index in [2.05, 4.69) is 5.32 Å². The highest BCUT2D eigenvalue weighted by atomic mass is 35.5. The predicted octanol–water partition coefficient (Wildman–Crippen LogP) is 4.85. The first-order chi connectivity index (χ1) is 15.4. The Morgan fingerprint density at radius 2 is 1.50 bits per heavy atom. The highest BCUT2D eigenvalue weighted by molar-refractivity contribution is 6.43. The van der Waals surface area contributed by atoms with Gasteiger partial charge in [-0.15, -0.1) is 0 Å². The molecule has 1 aliphatic heterocycles. The molecule has 0 aromatic heterocycles. The van der Waals surface area contributed by atoms with E-state index in [-0.39, 0.29) is 27.6 Å². The van der Waals surface area contributed by atoms with Crippen molar-refractivity contribution in [1.29, 1.82) is 0 Å². The number of anilines is 1. The van der Waals surface area contributed by atoms with Gasteiger partial charge in [-0.05, 0) is 29.8 Å². The second-order valence-corrected chi connectivity index (χ2v) is 8.00. The number of fused-ring (bicyclic) bond motifs is 1. The van der Waals surface area contributed by atoms with Crippen molar-refractivity contribution in [2.75, 3.05) is 12.4 Å². The maximum Gasteiger partial charge on any atom is 0.262 e. The molecule has 0 saturated carbocycles. The molecule has 162 valence electrons. The zero-order valence-corrected chi connectivity index (χ0v) is 18.5. The third-order valence-electron chi connectivity index (χ3n) is 5.21. The third kappa shape index (κ3) is 4.07.